The third-order valence-electron chi connectivity index (χ3n) is 7.17. The number of aromatic nitrogens is 1. The molecule has 7 nitrogen and oxygen atoms in total. The molecule has 3 aliphatic rings. The number of nitrogens with zero attached hydrogens (tertiary/aromatic N) is 4. The first-order valence-corrected chi connectivity index (χ1v) is 12.1. The number of anilines is 1. The maximum absolute atomic E-state index is 13.4. The van der Waals surface area contributed by atoms with E-state index in [9.17, 15) is 4.79 Å². The predicted octanol–water partition coefficient (Wildman–Crippen LogP) is 4.39. The van der Waals surface area contributed by atoms with Crippen molar-refractivity contribution in [2.75, 3.05) is 25.1 Å². The van der Waals surface area contributed by atoms with Gasteiger partial charge in [0, 0.05) is 31.5 Å². The van der Waals surface area contributed by atoms with Crippen molar-refractivity contribution in [2.45, 2.75) is 63.1 Å². The largest absolute Gasteiger partial charge is 0.497 e. The molecule has 1 saturated carbocycles. The van der Waals surface area contributed by atoms with E-state index in [1.54, 1.807) is 13.3 Å². The van der Waals surface area contributed by atoms with E-state index in [0.29, 0.717) is 6.04 Å². The average Bonchev–Trinajstić information content (AvgIpc) is 3.10. The normalized spacial score (nSPS) is 25.5. The number of likely N-dealkylation sites (tertiary alicyclic amines) is 1. The zero-order chi connectivity index (χ0) is 22.7. The van der Waals surface area contributed by atoms with Crippen LogP contribution in [0.5, 0.6) is 5.75 Å². The molecule has 1 spiro atoms. The number of rotatable bonds is 5. The van der Waals surface area contributed by atoms with E-state index < -0.39 is 5.54 Å². The Morgan fingerprint density at radius 1 is 1.18 bits per heavy atom. The van der Waals surface area contributed by atoms with Gasteiger partial charge in [-0.05, 0) is 56.0 Å². The molecule has 3 heterocycles. The van der Waals surface area contributed by atoms with Crippen LogP contribution in [0.1, 0.15) is 50.5 Å². The first kappa shape index (κ1) is 21.9. The van der Waals surface area contributed by atoms with Crippen molar-refractivity contribution in [1.29, 1.82) is 0 Å². The summed E-state index contributed by atoms with van der Waals surface area (Å²) < 4.78 is 5.47. The summed E-state index contributed by atoms with van der Waals surface area (Å²) in [4.78, 5) is 27.3. The Morgan fingerprint density at radius 2 is 2.06 bits per heavy atom. The highest BCUT2D eigenvalue weighted by Crippen LogP contribution is 2.39. The highest BCUT2D eigenvalue weighted by atomic mass is 16.5. The van der Waals surface area contributed by atoms with E-state index in [-0.39, 0.29) is 6.03 Å². The molecule has 174 valence electrons. The van der Waals surface area contributed by atoms with Crippen molar-refractivity contribution in [2.24, 2.45) is 4.99 Å². The standard InChI is InChI=1S/C26H33N5O2/c1-33-23-12-5-11-22(16-23)31-25(32)29-24(28-21-9-3-2-4-10-21)26(31)13-7-15-30(19-26)18-20-8-6-14-27-17-20/h5-6,8,11-12,14,16-17,21H,2-4,7,9-10,13,15,18-19H2,1H3,(H,28,29,32). The number of pyridine rings is 1. The number of hydrogen-bond donors (Lipinski definition) is 1. The van der Waals surface area contributed by atoms with Crippen molar-refractivity contribution in [3.63, 3.8) is 0 Å². The molecule has 2 aromatic rings. The number of urea groups is 1. The Bertz CT molecular complexity index is 1000. The maximum atomic E-state index is 13.4. The van der Waals surface area contributed by atoms with Gasteiger partial charge in [0.05, 0.1) is 18.8 Å². The number of hydrogen-bond acceptors (Lipinski definition) is 5. The summed E-state index contributed by atoms with van der Waals surface area (Å²) in [6.07, 6.45) is 11.5. The number of piperidine rings is 1. The second-order valence-electron chi connectivity index (χ2n) is 9.44. The van der Waals surface area contributed by atoms with Crippen LogP contribution < -0.4 is 15.0 Å². The Kier molecular flexibility index (Phi) is 6.31. The summed E-state index contributed by atoms with van der Waals surface area (Å²) in [6.45, 7) is 2.54. The van der Waals surface area contributed by atoms with Crippen LogP contribution in [0.3, 0.4) is 0 Å². The molecule has 5 rings (SSSR count). The van der Waals surface area contributed by atoms with Gasteiger partial charge in [-0.3, -0.25) is 25.1 Å². The minimum absolute atomic E-state index is 0.0963. The summed E-state index contributed by atoms with van der Waals surface area (Å²) in [5.74, 6) is 1.59. The lowest BCUT2D eigenvalue weighted by Gasteiger charge is -2.44. The number of carbonyl (C=O) groups is 1. The Morgan fingerprint density at radius 3 is 2.85 bits per heavy atom. The number of nitrogens with one attached hydrogen (secondary N) is 1. The third kappa shape index (κ3) is 4.47. The molecule has 0 bridgehead atoms. The molecule has 7 heteroatoms. The summed E-state index contributed by atoms with van der Waals surface area (Å²) >= 11 is 0. The van der Waals surface area contributed by atoms with Crippen LogP contribution in [0.25, 0.3) is 0 Å². The quantitative estimate of drug-likeness (QED) is 0.738. The molecule has 1 unspecified atom stereocenters. The van der Waals surface area contributed by atoms with Crippen molar-refractivity contribution in [3.05, 3.63) is 54.4 Å². The Balaban J connectivity index is 1.52. The molecule has 1 aromatic heterocycles. The highest BCUT2D eigenvalue weighted by Gasteiger charge is 2.53. The van der Waals surface area contributed by atoms with Gasteiger partial charge in [0.2, 0.25) is 0 Å². The zero-order valence-electron chi connectivity index (χ0n) is 19.4. The fourth-order valence-corrected chi connectivity index (χ4v) is 5.62. The monoisotopic (exact) mass is 447 g/mol. The molecule has 1 atom stereocenters. The predicted molar refractivity (Wildman–Crippen MR) is 130 cm³/mol. The molecule has 1 aromatic carbocycles. The van der Waals surface area contributed by atoms with Gasteiger partial charge in [0.15, 0.2) is 0 Å². The van der Waals surface area contributed by atoms with Crippen molar-refractivity contribution in [1.82, 2.24) is 15.2 Å². The fraction of sp³-hybridized carbons (Fsp3) is 0.500. The zero-order valence-corrected chi connectivity index (χ0v) is 19.4. The highest BCUT2D eigenvalue weighted by molar-refractivity contribution is 6.19. The molecule has 33 heavy (non-hydrogen) atoms. The number of amidine groups is 1. The van der Waals surface area contributed by atoms with Gasteiger partial charge in [-0.2, -0.15) is 0 Å². The molecular formula is C26H33N5O2. The SMILES string of the molecule is COc1cccc(N2C(=O)NC(=NC3CCCCC3)C23CCCN(Cc2cccnc2)C3)c1. The minimum Gasteiger partial charge on any atom is -0.497 e. The molecule has 2 amide bonds. The van der Waals surface area contributed by atoms with Gasteiger partial charge in [0.25, 0.3) is 0 Å². The molecule has 2 saturated heterocycles. The number of carbonyl (C=O) groups excluding carboxylic acids is 1. The van der Waals surface area contributed by atoms with E-state index in [2.05, 4.69) is 21.3 Å². The molecule has 0 radical (unpaired) electrons. The van der Waals surface area contributed by atoms with Crippen molar-refractivity contribution in [3.8, 4) is 5.75 Å². The summed E-state index contributed by atoms with van der Waals surface area (Å²) in [5, 5.41) is 3.19. The lowest BCUT2D eigenvalue weighted by Crippen LogP contribution is -2.60. The molecule has 1 aliphatic carbocycles. The van der Waals surface area contributed by atoms with Crippen LogP contribution >= 0.6 is 0 Å². The fourth-order valence-electron chi connectivity index (χ4n) is 5.62. The molecule has 1 N–H and O–H groups in total. The summed E-state index contributed by atoms with van der Waals surface area (Å²) in [5.41, 5.74) is 1.54. The van der Waals surface area contributed by atoms with E-state index in [0.717, 1.165) is 62.6 Å². The first-order chi connectivity index (χ1) is 16.2. The second kappa shape index (κ2) is 9.51. The van der Waals surface area contributed by atoms with Gasteiger partial charge in [-0.15, -0.1) is 0 Å². The number of ether oxygens (including phenoxy) is 1. The third-order valence-corrected chi connectivity index (χ3v) is 7.17. The number of aliphatic imine (C=N–C) groups is 1. The number of methoxy groups -OCH3 is 1. The Hall–Kier alpha value is -2.93. The van der Waals surface area contributed by atoms with Crippen LogP contribution in [0.2, 0.25) is 0 Å². The van der Waals surface area contributed by atoms with Gasteiger partial charge >= 0.3 is 6.03 Å². The van der Waals surface area contributed by atoms with Crippen LogP contribution in [0.4, 0.5) is 10.5 Å². The van der Waals surface area contributed by atoms with Crippen LogP contribution in [0.15, 0.2) is 53.8 Å². The van der Waals surface area contributed by atoms with Gasteiger partial charge in [0.1, 0.15) is 17.1 Å². The number of benzene rings is 1. The topological polar surface area (TPSA) is 70.1 Å². The molecule has 3 fully saturated rings. The summed E-state index contributed by atoms with van der Waals surface area (Å²) in [7, 11) is 1.66. The smallest absolute Gasteiger partial charge is 0.328 e. The van der Waals surface area contributed by atoms with E-state index in [1.807, 2.05) is 41.4 Å². The van der Waals surface area contributed by atoms with Crippen molar-refractivity contribution < 1.29 is 9.53 Å². The number of amides is 2. The molecule has 2 aliphatic heterocycles. The second-order valence-corrected chi connectivity index (χ2v) is 9.44. The van der Waals surface area contributed by atoms with Gasteiger partial charge in [-0.1, -0.05) is 31.4 Å². The maximum Gasteiger partial charge on any atom is 0.328 e. The van der Waals surface area contributed by atoms with E-state index in [1.165, 1.54) is 24.8 Å². The lowest BCUT2D eigenvalue weighted by atomic mass is 9.85. The van der Waals surface area contributed by atoms with E-state index in [4.69, 9.17) is 9.73 Å². The van der Waals surface area contributed by atoms with Crippen LogP contribution in [0, 0.1) is 0 Å². The first-order valence-electron chi connectivity index (χ1n) is 12.1. The van der Waals surface area contributed by atoms with Crippen LogP contribution in [-0.4, -0.2) is 53.5 Å². The van der Waals surface area contributed by atoms with E-state index >= 15 is 0 Å². The molecular weight excluding hydrogens is 414 g/mol. The summed E-state index contributed by atoms with van der Waals surface area (Å²) in [6, 6.07) is 12.1. The van der Waals surface area contributed by atoms with Gasteiger partial charge in [-0.25, -0.2) is 4.79 Å². The van der Waals surface area contributed by atoms with Crippen LogP contribution in [-0.2, 0) is 6.54 Å². The van der Waals surface area contributed by atoms with Crippen molar-refractivity contribution >= 4 is 17.6 Å². The minimum atomic E-state index is -0.499. The van der Waals surface area contributed by atoms with Gasteiger partial charge < -0.3 is 4.74 Å². The lowest BCUT2D eigenvalue weighted by molar-refractivity contribution is 0.176. The Labute approximate surface area is 195 Å². The average molecular weight is 448 g/mol.